The minimum Gasteiger partial charge on any atom is -0.454 e. The summed E-state index contributed by atoms with van der Waals surface area (Å²) >= 11 is 0. The Morgan fingerprint density at radius 3 is 2.78 bits per heavy atom. The molecule has 3 aromatic rings. The molecule has 0 unspecified atom stereocenters. The van der Waals surface area contributed by atoms with Crippen molar-refractivity contribution < 1.29 is 18.7 Å². The van der Waals surface area contributed by atoms with Crippen LogP contribution in [0.15, 0.2) is 53.2 Å². The molecule has 0 spiro atoms. The van der Waals surface area contributed by atoms with Crippen LogP contribution in [0.2, 0.25) is 0 Å². The molecule has 0 amide bonds. The average Bonchev–Trinajstić information content (AvgIpc) is 3.24. The summed E-state index contributed by atoms with van der Waals surface area (Å²) in [6, 6.07) is 13.2. The molecule has 2 aromatic heterocycles. The molecule has 0 saturated heterocycles. The number of benzene rings is 1. The summed E-state index contributed by atoms with van der Waals surface area (Å²) in [5.74, 6) is 2.12. The topological polar surface area (TPSA) is 66.6 Å². The minimum atomic E-state index is 0.252. The molecule has 1 aliphatic heterocycles. The summed E-state index contributed by atoms with van der Waals surface area (Å²) in [7, 11) is 0. The summed E-state index contributed by atoms with van der Waals surface area (Å²) in [5.41, 5.74) is 2.50. The minimum absolute atomic E-state index is 0.252. The largest absolute Gasteiger partial charge is 0.454 e. The monoisotopic (exact) mass is 310 g/mol. The molecule has 1 aromatic carbocycles. The number of nitrogens with zero attached hydrogens (tertiary/aromatic N) is 2. The molecule has 6 nitrogen and oxygen atoms in total. The van der Waals surface area contributed by atoms with Gasteiger partial charge >= 0.3 is 0 Å². The first-order chi connectivity index (χ1) is 11.4. The molecule has 0 N–H and O–H groups in total. The van der Waals surface area contributed by atoms with Gasteiger partial charge in [0.15, 0.2) is 17.3 Å². The van der Waals surface area contributed by atoms with E-state index in [0.717, 1.165) is 22.7 Å². The molecule has 0 saturated carbocycles. The zero-order chi connectivity index (χ0) is 15.5. The van der Waals surface area contributed by atoms with E-state index >= 15 is 0 Å². The van der Waals surface area contributed by atoms with E-state index < -0.39 is 0 Å². The fourth-order valence-corrected chi connectivity index (χ4v) is 2.31. The SMILES string of the molecule is c1ccc(COCc2cc(-c3ccc4c(c3)OCO4)on2)nc1. The van der Waals surface area contributed by atoms with Crippen molar-refractivity contribution >= 4 is 0 Å². The van der Waals surface area contributed by atoms with E-state index in [0.29, 0.717) is 24.7 Å². The van der Waals surface area contributed by atoms with Crippen molar-refractivity contribution in [1.29, 1.82) is 0 Å². The van der Waals surface area contributed by atoms with Crippen LogP contribution in [-0.2, 0) is 18.0 Å². The van der Waals surface area contributed by atoms with Gasteiger partial charge in [-0.3, -0.25) is 4.98 Å². The van der Waals surface area contributed by atoms with Crippen molar-refractivity contribution in [2.75, 3.05) is 6.79 Å². The fourth-order valence-electron chi connectivity index (χ4n) is 2.31. The summed E-state index contributed by atoms with van der Waals surface area (Å²) in [6.07, 6.45) is 1.74. The number of aromatic nitrogens is 2. The number of hydrogen-bond acceptors (Lipinski definition) is 6. The van der Waals surface area contributed by atoms with Gasteiger partial charge in [0.05, 0.1) is 18.9 Å². The number of fused-ring (bicyclic) bond motifs is 1. The number of pyridine rings is 1. The van der Waals surface area contributed by atoms with Crippen LogP contribution in [0.4, 0.5) is 0 Å². The smallest absolute Gasteiger partial charge is 0.231 e. The number of hydrogen-bond donors (Lipinski definition) is 0. The first kappa shape index (κ1) is 13.8. The molecule has 0 bridgehead atoms. The maximum Gasteiger partial charge on any atom is 0.231 e. The van der Waals surface area contributed by atoms with E-state index in [1.165, 1.54) is 0 Å². The molecular formula is C17H14N2O4. The lowest BCUT2D eigenvalue weighted by atomic mass is 10.1. The molecule has 6 heteroatoms. The highest BCUT2D eigenvalue weighted by Crippen LogP contribution is 2.36. The highest BCUT2D eigenvalue weighted by atomic mass is 16.7. The molecule has 3 heterocycles. The second-order valence-electron chi connectivity index (χ2n) is 5.06. The number of ether oxygens (including phenoxy) is 3. The maximum atomic E-state index is 5.60. The first-order valence-electron chi connectivity index (χ1n) is 7.22. The van der Waals surface area contributed by atoms with Crippen molar-refractivity contribution in [3.63, 3.8) is 0 Å². The highest BCUT2D eigenvalue weighted by Gasteiger charge is 2.15. The van der Waals surface area contributed by atoms with Crippen LogP contribution in [0.1, 0.15) is 11.4 Å². The quantitative estimate of drug-likeness (QED) is 0.721. The van der Waals surface area contributed by atoms with Gasteiger partial charge in [0.2, 0.25) is 6.79 Å². The van der Waals surface area contributed by atoms with E-state index in [9.17, 15) is 0 Å². The number of rotatable bonds is 5. The van der Waals surface area contributed by atoms with Gasteiger partial charge in [-0.05, 0) is 30.3 Å². The predicted octanol–water partition coefficient (Wildman–Crippen LogP) is 3.18. The Kier molecular flexibility index (Phi) is 3.65. The van der Waals surface area contributed by atoms with Crippen molar-refractivity contribution in [2.45, 2.75) is 13.2 Å². The second kappa shape index (κ2) is 6.10. The fraction of sp³-hybridized carbons (Fsp3) is 0.176. The first-order valence-corrected chi connectivity index (χ1v) is 7.22. The standard InChI is InChI=1S/C17H14N2O4/c1-2-6-18-13(3-1)9-20-10-14-8-16(23-19-14)12-4-5-15-17(7-12)22-11-21-15/h1-8H,9-11H2. The zero-order valence-corrected chi connectivity index (χ0v) is 12.3. The predicted molar refractivity (Wildman–Crippen MR) is 80.8 cm³/mol. The van der Waals surface area contributed by atoms with Crippen molar-refractivity contribution in [1.82, 2.24) is 10.1 Å². The normalized spacial score (nSPS) is 12.5. The Balaban J connectivity index is 1.41. The van der Waals surface area contributed by atoms with Crippen molar-refractivity contribution in [2.24, 2.45) is 0 Å². The molecule has 0 fully saturated rings. The lowest BCUT2D eigenvalue weighted by Crippen LogP contribution is -1.95. The van der Waals surface area contributed by atoms with E-state index in [-0.39, 0.29) is 6.79 Å². The Morgan fingerprint density at radius 2 is 1.87 bits per heavy atom. The Hall–Kier alpha value is -2.86. The van der Waals surface area contributed by atoms with Gasteiger partial charge in [-0.1, -0.05) is 11.2 Å². The summed E-state index contributed by atoms with van der Waals surface area (Å²) < 4.78 is 21.6. The zero-order valence-electron chi connectivity index (χ0n) is 12.3. The van der Waals surface area contributed by atoms with Crippen LogP contribution in [0.5, 0.6) is 11.5 Å². The lowest BCUT2D eigenvalue weighted by molar-refractivity contribution is 0.0997. The second-order valence-corrected chi connectivity index (χ2v) is 5.06. The summed E-state index contributed by atoms with van der Waals surface area (Å²) in [6.45, 7) is 1.06. The van der Waals surface area contributed by atoms with Gasteiger partial charge in [0.25, 0.3) is 0 Å². The molecule has 4 rings (SSSR count). The molecule has 23 heavy (non-hydrogen) atoms. The van der Waals surface area contributed by atoms with E-state index in [1.807, 2.05) is 42.5 Å². The Labute approximate surface area is 132 Å². The Morgan fingerprint density at radius 1 is 0.957 bits per heavy atom. The van der Waals surface area contributed by atoms with Gasteiger partial charge in [-0.2, -0.15) is 0 Å². The van der Waals surface area contributed by atoms with Crippen LogP contribution < -0.4 is 9.47 Å². The van der Waals surface area contributed by atoms with Crippen molar-refractivity contribution in [3.8, 4) is 22.8 Å². The van der Waals surface area contributed by atoms with Crippen LogP contribution in [-0.4, -0.2) is 16.9 Å². The average molecular weight is 310 g/mol. The van der Waals surface area contributed by atoms with E-state index in [1.54, 1.807) is 6.20 Å². The van der Waals surface area contributed by atoms with Gasteiger partial charge in [-0.15, -0.1) is 0 Å². The molecule has 0 radical (unpaired) electrons. The third-order valence-corrected chi connectivity index (χ3v) is 3.44. The third-order valence-electron chi connectivity index (χ3n) is 3.44. The lowest BCUT2D eigenvalue weighted by Gasteiger charge is -2.00. The summed E-state index contributed by atoms with van der Waals surface area (Å²) in [4.78, 5) is 4.20. The Bertz CT molecular complexity index is 801. The van der Waals surface area contributed by atoms with Crippen molar-refractivity contribution in [3.05, 3.63) is 60.0 Å². The summed E-state index contributed by atoms with van der Waals surface area (Å²) in [5, 5.41) is 4.02. The molecular weight excluding hydrogens is 296 g/mol. The molecule has 0 atom stereocenters. The van der Waals surface area contributed by atoms with Gasteiger partial charge < -0.3 is 18.7 Å². The van der Waals surface area contributed by atoms with Crippen LogP contribution in [0.25, 0.3) is 11.3 Å². The molecule has 116 valence electrons. The molecule has 0 aliphatic carbocycles. The van der Waals surface area contributed by atoms with Crippen LogP contribution >= 0.6 is 0 Å². The van der Waals surface area contributed by atoms with E-state index in [4.69, 9.17) is 18.7 Å². The highest BCUT2D eigenvalue weighted by molar-refractivity contribution is 5.63. The van der Waals surface area contributed by atoms with Crippen LogP contribution in [0.3, 0.4) is 0 Å². The van der Waals surface area contributed by atoms with E-state index in [2.05, 4.69) is 10.1 Å². The van der Waals surface area contributed by atoms with Crippen LogP contribution in [0, 0.1) is 0 Å². The van der Waals surface area contributed by atoms with Gasteiger partial charge in [0.1, 0.15) is 5.69 Å². The third kappa shape index (κ3) is 3.02. The maximum absolute atomic E-state index is 5.60. The molecule has 1 aliphatic rings. The van der Waals surface area contributed by atoms with Gasteiger partial charge in [0, 0.05) is 17.8 Å². The van der Waals surface area contributed by atoms with Gasteiger partial charge in [-0.25, -0.2) is 0 Å².